The van der Waals surface area contributed by atoms with Gasteiger partial charge < -0.3 is 10.2 Å². The Morgan fingerprint density at radius 3 is 2.91 bits per heavy atom. The Hall–Kier alpha value is -0.580. The summed E-state index contributed by atoms with van der Waals surface area (Å²) < 4.78 is 14.2. The standard InChI is InChI=1S/C17H26FN3.2ClH/c18-17(9-11-19-14-17)8-2-1-3-12-21-13-5-7-15-6-4-10-20-16(15)21;;/h4,6,10,19H,1-3,5,7-9,11-14H2;2*1H. The molecule has 132 valence electrons. The summed E-state index contributed by atoms with van der Waals surface area (Å²) in [6.45, 7) is 3.56. The van der Waals surface area contributed by atoms with E-state index in [1.54, 1.807) is 0 Å². The summed E-state index contributed by atoms with van der Waals surface area (Å²) in [6, 6.07) is 4.22. The third-order valence-corrected chi connectivity index (χ3v) is 4.79. The molecule has 0 spiro atoms. The highest BCUT2D eigenvalue weighted by Crippen LogP contribution is 2.27. The third-order valence-electron chi connectivity index (χ3n) is 4.79. The fourth-order valence-corrected chi connectivity index (χ4v) is 3.54. The van der Waals surface area contributed by atoms with Crippen molar-refractivity contribution < 1.29 is 4.39 Å². The number of pyridine rings is 1. The van der Waals surface area contributed by atoms with Crippen molar-refractivity contribution in [2.75, 3.05) is 31.1 Å². The van der Waals surface area contributed by atoms with Crippen LogP contribution in [0.4, 0.5) is 10.2 Å². The fourth-order valence-electron chi connectivity index (χ4n) is 3.54. The first-order valence-electron chi connectivity index (χ1n) is 8.35. The van der Waals surface area contributed by atoms with E-state index in [-0.39, 0.29) is 24.8 Å². The van der Waals surface area contributed by atoms with Crippen molar-refractivity contribution in [1.82, 2.24) is 10.3 Å². The summed E-state index contributed by atoms with van der Waals surface area (Å²) in [6.07, 6.45) is 8.92. The van der Waals surface area contributed by atoms with Crippen molar-refractivity contribution in [2.45, 2.75) is 50.6 Å². The van der Waals surface area contributed by atoms with Crippen molar-refractivity contribution in [3.05, 3.63) is 23.9 Å². The number of fused-ring (bicyclic) bond motifs is 1. The first-order chi connectivity index (χ1) is 10.3. The smallest absolute Gasteiger partial charge is 0.131 e. The first kappa shape index (κ1) is 20.5. The second kappa shape index (κ2) is 9.65. The van der Waals surface area contributed by atoms with Crippen LogP contribution in [0.1, 0.15) is 44.1 Å². The molecule has 1 aromatic heterocycles. The Labute approximate surface area is 151 Å². The van der Waals surface area contributed by atoms with Gasteiger partial charge in [0.05, 0.1) is 0 Å². The van der Waals surface area contributed by atoms with Gasteiger partial charge in [0.2, 0.25) is 0 Å². The highest BCUT2D eigenvalue weighted by molar-refractivity contribution is 5.85. The number of anilines is 1. The van der Waals surface area contributed by atoms with Crippen LogP contribution in [0, 0.1) is 0 Å². The molecule has 23 heavy (non-hydrogen) atoms. The lowest BCUT2D eigenvalue weighted by Gasteiger charge is -2.30. The van der Waals surface area contributed by atoms with E-state index in [9.17, 15) is 4.39 Å². The van der Waals surface area contributed by atoms with Gasteiger partial charge in [-0.25, -0.2) is 9.37 Å². The summed E-state index contributed by atoms with van der Waals surface area (Å²) >= 11 is 0. The molecule has 0 saturated carbocycles. The molecule has 1 unspecified atom stereocenters. The number of aryl methyl sites for hydroxylation is 1. The van der Waals surface area contributed by atoms with Crippen molar-refractivity contribution >= 4 is 30.6 Å². The average molecular weight is 364 g/mol. The van der Waals surface area contributed by atoms with Crippen molar-refractivity contribution in [1.29, 1.82) is 0 Å². The van der Waals surface area contributed by atoms with Crippen LogP contribution in [-0.2, 0) is 6.42 Å². The second-order valence-electron chi connectivity index (χ2n) is 6.47. The number of hydrogen-bond donors (Lipinski definition) is 1. The molecule has 2 aliphatic heterocycles. The predicted octanol–water partition coefficient (Wildman–Crippen LogP) is 3.94. The monoisotopic (exact) mass is 363 g/mol. The summed E-state index contributed by atoms with van der Waals surface area (Å²) in [5.74, 6) is 1.17. The molecule has 1 fully saturated rings. The largest absolute Gasteiger partial charge is 0.356 e. The number of nitrogens with zero attached hydrogens (tertiary/aromatic N) is 2. The van der Waals surface area contributed by atoms with E-state index >= 15 is 0 Å². The summed E-state index contributed by atoms with van der Waals surface area (Å²) in [4.78, 5) is 6.94. The zero-order valence-corrected chi connectivity index (χ0v) is 15.2. The van der Waals surface area contributed by atoms with Gasteiger partial charge in [0, 0.05) is 25.8 Å². The van der Waals surface area contributed by atoms with Crippen molar-refractivity contribution in [3.8, 4) is 0 Å². The van der Waals surface area contributed by atoms with Crippen LogP contribution in [0.15, 0.2) is 18.3 Å². The molecule has 6 heteroatoms. The number of rotatable bonds is 6. The molecular weight excluding hydrogens is 336 g/mol. The van der Waals surface area contributed by atoms with Gasteiger partial charge in [0.1, 0.15) is 11.5 Å². The lowest BCUT2D eigenvalue weighted by Crippen LogP contribution is -2.31. The van der Waals surface area contributed by atoms with Gasteiger partial charge in [-0.05, 0) is 50.3 Å². The maximum atomic E-state index is 14.2. The second-order valence-corrected chi connectivity index (χ2v) is 6.47. The highest BCUT2D eigenvalue weighted by atomic mass is 35.5. The minimum Gasteiger partial charge on any atom is -0.356 e. The Bertz CT molecular complexity index is 467. The van der Waals surface area contributed by atoms with Crippen LogP contribution < -0.4 is 10.2 Å². The molecule has 1 atom stereocenters. The van der Waals surface area contributed by atoms with Crippen LogP contribution in [-0.4, -0.2) is 36.8 Å². The van der Waals surface area contributed by atoms with Gasteiger partial charge in [-0.2, -0.15) is 0 Å². The molecule has 1 N–H and O–H groups in total. The van der Waals surface area contributed by atoms with E-state index in [1.165, 1.54) is 17.8 Å². The van der Waals surface area contributed by atoms with E-state index in [4.69, 9.17) is 0 Å². The van der Waals surface area contributed by atoms with Gasteiger partial charge in [-0.1, -0.05) is 18.9 Å². The molecule has 0 radical (unpaired) electrons. The Morgan fingerprint density at radius 2 is 2.13 bits per heavy atom. The zero-order chi connectivity index (χ0) is 14.5. The molecule has 2 aliphatic rings. The average Bonchev–Trinajstić information content (AvgIpc) is 2.94. The number of hydrogen-bond acceptors (Lipinski definition) is 3. The summed E-state index contributed by atoms with van der Waals surface area (Å²) in [5.41, 5.74) is 0.447. The third kappa shape index (κ3) is 5.47. The molecule has 3 heterocycles. The summed E-state index contributed by atoms with van der Waals surface area (Å²) in [5, 5.41) is 3.12. The zero-order valence-electron chi connectivity index (χ0n) is 13.6. The van der Waals surface area contributed by atoms with Crippen LogP contribution in [0.5, 0.6) is 0 Å². The van der Waals surface area contributed by atoms with Gasteiger partial charge in [0.25, 0.3) is 0 Å². The molecule has 0 aromatic carbocycles. The fraction of sp³-hybridized carbons (Fsp3) is 0.706. The molecule has 1 aromatic rings. The van der Waals surface area contributed by atoms with Crippen LogP contribution in [0.3, 0.4) is 0 Å². The van der Waals surface area contributed by atoms with Gasteiger partial charge in [-0.3, -0.25) is 0 Å². The molecular formula is C17H28Cl2FN3. The lowest BCUT2D eigenvalue weighted by atomic mass is 9.97. The summed E-state index contributed by atoms with van der Waals surface area (Å²) in [7, 11) is 0. The van der Waals surface area contributed by atoms with Gasteiger partial charge in [0.15, 0.2) is 0 Å². The maximum Gasteiger partial charge on any atom is 0.131 e. The van der Waals surface area contributed by atoms with Crippen LogP contribution >= 0.6 is 24.8 Å². The van der Waals surface area contributed by atoms with E-state index in [0.717, 1.165) is 51.7 Å². The molecule has 3 nitrogen and oxygen atoms in total. The van der Waals surface area contributed by atoms with Crippen molar-refractivity contribution in [2.24, 2.45) is 0 Å². The Morgan fingerprint density at radius 1 is 1.26 bits per heavy atom. The van der Waals surface area contributed by atoms with Crippen LogP contribution in [0.25, 0.3) is 0 Å². The lowest BCUT2D eigenvalue weighted by molar-refractivity contribution is 0.171. The van der Waals surface area contributed by atoms with E-state index in [1.807, 2.05) is 12.3 Å². The van der Waals surface area contributed by atoms with E-state index < -0.39 is 5.67 Å². The molecule has 1 saturated heterocycles. The number of halogens is 3. The molecule has 3 rings (SSSR count). The van der Waals surface area contributed by atoms with Crippen LogP contribution in [0.2, 0.25) is 0 Å². The maximum absolute atomic E-state index is 14.2. The number of nitrogens with one attached hydrogen (secondary N) is 1. The predicted molar refractivity (Wildman–Crippen MR) is 99.1 cm³/mol. The number of alkyl halides is 1. The van der Waals surface area contributed by atoms with Crippen molar-refractivity contribution in [3.63, 3.8) is 0 Å². The topological polar surface area (TPSA) is 28.2 Å². The van der Waals surface area contributed by atoms with E-state index in [2.05, 4.69) is 21.3 Å². The SMILES string of the molecule is Cl.Cl.FC1(CCCCCN2CCCc3cccnc32)CCNC1. The quantitative estimate of drug-likeness (QED) is 0.775. The molecule has 0 bridgehead atoms. The molecule has 0 aliphatic carbocycles. The van der Waals surface area contributed by atoms with E-state index in [0.29, 0.717) is 13.0 Å². The normalized spacial score (nSPS) is 22.9. The highest BCUT2D eigenvalue weighted by Gasteiger charge is 2.32. The Balaban J connectivity index is 0.00000132. The minimum absolute atomic E-state index is 0. The first-order valence-corrected chi connectivity index (χ1v) is 8.35. The van der Waals surface area contributed by atoms with Gasteiger partial charge in [-0.15, -0.1) is 24.8 Å². The molecule has 0 amide bonds. The minimum atomic E-state index is -0.931. The number of aromatic nitrogens is 1. The van der Waals surface area contributed by atoms with Gasteiger partial charge >= 0.3 is 0 Å². The number of unbranched alkanes of at least 4 members (excludes halogenated alkanes) is 2. The Kier molecular flexibility index (Phi) is 8.59.